The van der Waals surface area contributed by atoms with Crippen LogP contribution in [-0.4, -0.2) is 31.9 Å². The van der Waals surface area contributed by atoms with E-state index in [4.69, 9.17) is 15.2 Å². The molecule has 1 aromatic rings. The highest BCUT2D eigenvalue weighted by molar-refractivity contribution is 5.43. The molecule has 0 spiro atoms. The Kier molecular flexibility index (Phi) is 4.83. The van der Waals surface area contributed by atoms with E-state index in [2.05, 4.69) is 9.72 Å². The number of nitrogen functional groups attached to an aromatic ring is 1. The lowest BCUT2D eigenvalue weighted by Gasteiger charge is -2.09. The van der Waals surface area contributed by atoms with E-state index in [9.17, 15) is 13.2 Å². The van der Waals surface area contributed by atoms with E-state index < -0.39 is 18.2 Å². The molecule has 8 heteroatoms. The standard InChI is InChI=1S/C9H11F3N2O3/c1-15-6-4-5(7(10)8(13)14-6)16-2-3-17-9(11)12/h4,9H,2-3H2,1H3,(H2,13,14). The van der Waals surface area contributed by atoms with Crippen molar-refractivity contribution in [2.75, 3.05) is 26.1 Å². The first kappa shape index (κ1) is 13.4. The Balaban J connectivity index is 2.60. The summed E-state index contributed by atoms with van der Waals surface area (Å²) in [6.07, 6.45) is 0. The number of methoxy groups -OCH3 is 1. The van der Waals surface area contributed by atoms with Crippen LogP contribution in [0.2, 0.25) is 0 Å². The zero-order valence-corrected chi connectivity index (χ0v) is 8.95. The van der Waals surface area contributed by atoms with Crippen LogP contribution < -0.4 is 15.2 Å². The van der Waals surface area contributed by atoms with Crippen molar-refractivity contribution in [3.63, 3.8) is 0 Å². The maximum absolute atomic E-state index is 13.3. The molecule has 0 bridgehead atoms. The molecule has 0 fully saturated rings. The second-order valence-electron chi connectivity index (χ2n) is 2.84. The van der Waals surface area contributed by atoms with Crippen molar-refractivity contribution in [1.29, 1.82) is 0 Å². The van der Waals surface area contributed by atoms with E-state index in [1.807, 2.05) is 0 Å². The highest BCUT2D eigenvalue weighted by atomic mass is 19.3. The Morgan fingerprint density at radius 1 is 1.41 bits per heavy atom. The first-order chi connectivity index (χ1) is 8.04. The average Bonchev–Trinajstić information content (AvgIpc) is 2.29. The van der Waals surface area contributed by atoms with Gasteiger partial charge in [-0.25, -0.2) is 0 Å². The third-order valence-electron chi connectivity index (χ3n) is 1.72. The molecule has 0 saturated heterocycles. The SMILES string of the molecule is COc1cc(OCCOC(F)F)c(F)c(N)n1. The topological polar surface area (TPSA) is 66.6 Å². The molecule has 1 aromatic heterocycles. The van der Waals surface area contributed by atoms with Gasteiger partial charge in [0.2, 0.25) is 11.7 Å². The van der Waals surface area contributed by atoms with Crippen LogP contribution in [-0.2, 0) is 4.74 Å². The van der Waals surface area contributed by atoms with Gasteiger partial charge in [0.1, 0.15) is 6.61 Å². The van der Waals surface area contributed by atoms with Crippen LogP contribution in [0.15, 0.2) is 6.07 Å². The lowest BCUT2D eigenvalue weighted by molar-refractivity contribution is -0.133. The number of rotatable bonds is 6. The van der Waals surface area contributed by atoms with Crippen molar-refractivity contribution in [3.05, 3.63) is 11.9 Å². The summed E-state index contributed by atoms with van der Waals surface area (Å²) < 4.78 is 50.1. The summed E-state index contributed by atoms with van der Waals surface area (Å²) in [5, 5.41) is 0. The summed E-state index contributed by atoms with van der Waals surface area (Å²) in [5.41, 5.74) is 5.25. The molecule has 1 heterocycles. The molecule has 0 aliphatic rings. The van der Waals surface area contributed by atoms with Gasteiger partial charge in [-0.1, -0.05) is 0 Å². The Bertz CT molecular complexity index is 377. The number of hydrogen-bond acceptors (Lipinski definition) is 5. The molecule has 0 aliphatic heterocycles. The summed E-state index contributed by atoms with van der Waals surface area (Å²) >= 11 is 0. The van der Waals surface area contributed by atoms with Crippen molar-refractivity contribution in [2.24, 2.45) is 0 Å². The molecular formula is C9H11F3N2O3. The molecule has 0 aliphatic carbocycles. The minimum Gasteiger partial charge on any atom is -0.488 e. The van der Waals surface area contributed by atoms with Gasteiger partial charge in [0, 0.05) is 6.07 Å². The van der Waals surface area contributed by atoms with Crippen LogP contribution >= 0.6 is 0 Å². The number of halogens is 3. The Morgan fingerprint density at radius 3 is 2.71 bits per heavy atom. The molecule has 1 rings (SSSR count). The van der Waals surface area contributed by atoms with Crippen molar-refractivity contribution in [1.82, 2.24) is 4.98 Å². The van der Waals surface area contributed by atoms with Gasteiger partial charge in [-0.3, -0.25) is 0 Å². The molecule has 5 nitrogen and oxygen atoms in total. The van der Waals surface area contributed by atoms with Crippen molar-refractivity contribution < 1.29 is 27.4 Å². The Labute approximate surface area is 95.3 Å². The third kappa shape index (κ3) is 3.99. The van der Waals surface area contributed by atoms with Crippen LogP contribution in [0.3, 0.4) is 0 Å². The third-order valence-corrected chi connectivity index (χ3v) is 1.72. The summed E-state index contributed by atoms with van der Waals surface area (Å²) in [6, 6.07) is 1.16. The predicted molar refractivity (Wildman–Crippen MR) is 52.6 cm³/mol. The summed E-state index contributed by atoms with van der Waals surface area (Å²) in [7, 11) is 1.32. The lowest BCUT2D eigenvalue weighted by Crippen LogP contribution is -2.11. The monoisotopic (exact) mass is 252 g/mol. The molecule has 0 unspecified atom stereocenters. The second-order valence-corrected chi connectivity index (χ2v) is 2.84. The molecule has 2 N–H and O–H groups in total. The number of anilines is 1. The van der Waals surface area contributed by atoms with E-state index >= 15 is 0 Å². The number of nitrogens with zero attached hydrogens (tertiary/aromatic N) is 1. The highest BCUT2D eigenvalue weighted by Crippen LogP contribution is 2.25. The maximum Gasteiger partial charge on any atom is 0.345 e. The summed E-state index contributed by atoms with van der Waals surface area (Å²) in [5.74, 6) is -1.43. The molecule has 0 aromatic carbocycles. The van der Waals surface area contributed by atoms with E-state index in [1.165, 1.54) is 7.11 Å². The normalized spacial score (nSPS) is 10.6. The van der Waals surface area contributed by atoms with Gasteiger partial charge in [-0.15, -0.1) is 0 Å². The Morgan fingerprint density at radius 2 is 2.12 bits per heavy atom. The van der Waals surface area contributed by atoms with E-state index in [-0.39, 0.29) is 24.8 Å². The predicted octanol–water partition coefficient (Wildman–Crippen LogP) is 1.43. The van der Waals surface area contributed by atoms with E-state index in [1.54, 1.807) is 0 Å². The quantitative estimate of drug-likeness (QED) is 0.776. The number of pyridine rings is 1. The minimum atomic E-state index is -2.89. The zero-order chi connectivity index (χ0) is 12.8. The first-order valence-corrected chi connectivity index (χ1v) is 4.57. The zero-order valence-electron chi connectivity index (χ0n) is 8.95. The molecule has 0 radical (unpaired) electrons. The first-order valence-electron chi connectivity index (χ1n) is 4.57. The van der Waals surface area contributed by atoms with Gasteiger partial charge >= 0.3 is 6.61 Å². The number of alkyl halides is 2. The summed E-state index contributed by atoms with van der Waals surface area (Å²) in [6.45, 7) is -3.50. The number of aromatic nitrogens is 1. The molecular weight excluding hydrogens is 241 g/mol. The van der Waals surface area contributed by atoms with Gasteiger partial charge in [-0.05, 0) is 0 Å². The fourth-order valence-electron chi connectivity index (χ4n) is 1.00. The smallest absolute Gasteiger partial charge is 0.345 e. The highest BCUT2D eigenvalue weighted by Gasteiger charge is 2.12. The van der Waals surface area contributed by atoms with Crippen molar-refractivity contribution in [2.45, 2.75) is 6.61 Å². The average molecular weight is 252 g/mol. The van der Waals surface area contributed by atoms with Gasteiger partial charge in [0.25, 0.3) is 0 Å². The lowest BCUT2D eigenvalue weighted by atomic mass is 10.4. The summed E-state index contributed by atoms with van der Waals surface area (Å²) in [4.78, 5) is 3.56. The van der Waals surface area contributed by atoms with E-state index in [0.29, 0.717) is 0 Å². The molecule has 17 heavy (non-hydrogen) atoms. The van der Waals surface area contributed by atoms with Crippen LogP contribution in [0.4, 0.5) is 19.0 Å². The van der Waals surface area contributed by atoms with Crippen molar-refractivity contribution >= 4 is 5.82 Å². The van der Waals surface area contributed by atoms with Crippen LogP contribution in [0, 0.1) is 5.82 Å². The molecule has 0 amide bonds. The van der Waals surface area contributed by atoms with E-state index in [0.717, 1.165) is 6.07 Å². The molecule has 96 valence electrons. The van der Waals surface area contributed by atoms with Crippen molar-refractivity contribution in [3.8, 4) is 11.6 Å². The van der Waals surface area contributed by atoms with Gasteiger partial charge in [0.05, 0.1) is 13.7 Å². The fraction of sp³-hybridized carbons (Fsp3) is 0.444. The van der Waals surface area contributed by atoms with Gasteiger partial charge in [-0.2, -0.15) is 18.2 Å². The molecule has 0 saturated carbocycles. The number of nitrogens with two attached hydrogens (primary N) is 1. The van der Waals surface area contributed by atoms with Crippen LogP contribution in [0.25, 0.3) is 0 Å². The van der Waals surface area contributed by atoms with Crippen LogP contribution in [0.5, 0.6) is 11.6 Å². The minimum absolute atomic E-state index is 0.0636. The maximum atomic E-state index is 13.3. The number of ether oxygens (including phenoxy) is 3. The molecule has 0 atom stereocenters. The fourth-order valence-corrected chi connectivity index (χ4v) is 1.00. The Hall–Kier alpha value is -1.70. The largest absolute Gasteiger partial charge is 0.488 e. The second kappa shape index (κ2) is 6.14. The van der Waals surface area contributed by atoms with Crippen LogP contribution in [0.1, 0.15) is 0 Å². The van der Waals surface area contributed by atoms with Gasteiger partial charge < -0.3 is 19.9 Å². The van der Waals surface area contributed by atoms with Gasteiger partial charge in [0.15, 0.2) is 11.6 Å². The number of hydrogen-bond donors (Lipinski definition) is 1.